The van der Waals surface area contributed by atoms with Gasteiger partial charge in [-0.05, 0) is 47.2 Å². The second kappa shape index (κ2) is 7.10. The maximum atomic E-state index is 12.3. The normalized spacial score (nSPS) is 15.5. The number of hydrogen-bond acceptors (Lipinski definition) is 4. The molecule has 23 heavy (non-hydrogen) atoms. The summed E-state index contributed by atoms with van der Waals surface area (Å²) in [5.74, 6) is 0.768. The first kappa shape index (κ1) is 16.0. The van der Waals surface area contributed by atoms with Gasteiger partial charge in [0.1, 0.15) is 5.82 Å². The van der Waals surface area contributed by atoms with E-state index in [0.717, 1.165) is 42.2 Å². The molecular weight excluding hydrogens is 356 g/mol. The number of piperazine rings is 1. The van der Waals surface area contributed by atoms with E-state index in [-0.39, 0.29) is 5.91 Å². The Hall–Kier alpha value is -1.92. The highest BCUT2D eigenvalue weighted by atomic mass is 79.9. The largest absolute Gasteiger partial charge is 0.354 e. The van der Waals surface area contributed by atoms with E-state index in [0.29, 0.717) is 5.56 Å². The molecule has 3 rings (SSSR count). The number of nitrogens with one attached hydrogen (secondary N) is 1. The van der Waals surface area contributed by atoms with Crippen molar-refractivity contribution in [1.82, 2.24) is 9.88 Å². The number of benzene rings is 1. The fourth-order valence-electron chi connectivity index (χ4n) is 2.50. The summed E-state index contributed by atoms with van der Waals surface area (Å²) in [7, 11) is 2.12. The number of pyridine rings is 1. The number of carbonyl (C=O) groups is 1. The second-order valence-corrected chi connectivity index (χ2v) is 6.48. The summed E-state index contributed by atoms with van der Waals surface area (Å²) in [6.07, 6.45) is 1.64. The van der Waals surface area contributed by atoms with Crippen LogP contribution in [0.3, 0.4) is 0 Å². The van der Waals surface area contributed by atoms with E-state index < -0.39 is 0 Å². The van der Waals surface area contributed by atoms with Crippen LogP contribution in [-0.2, 0) is 0 Å². The van der Waals surface area contributed by atoms with Crippen LogP contribution in [0.1, 0.15) is 10.4 Å². The zero-order chi connectivity index (χ0) is 16.2. The summed E-state index contributed by atoms with van der Waals surface area (Å²) in [5, 5.41) is 2.89. The van der Waals surface area contributed by atoms with Crippen molar-refractivity contribution in [1.29, 1.82) is 0 Å². The number of nitrogens with zero attached hydrogens (tertiary/aromatic N) is 3. The minimum atomic E-state index is -0.158. The molecule has 2 aromatic rings. The quantitative estimate of drug-likeness (QED) is 0.897. The second-order valence-electron chi connectivity index (χ2n) is 5.63. The molecule has 120 valence electrons. The van der Waals surface area contributed by atoms with E-state index in [1.165, 1.54) is 0 Å². The summed E-state index contributed by atoms with van der Waals surface area (Å²) >= 11 is 3.42. The van der Waals surface area contributed by atoms with Crippen LogP contribution in [0.4, 0.5) is 11.5 Å². The molecule has 6 heteroatoms. The van der Waals surface area contributed by atoms with Gasteiger partial charge >= 0.3 is 0 Å². The first-order chi connectivity index (χ1) is 11.1. The average Bonchev–Trinajstić information content (AvgIpc) is 2.58. The lowest BCUT2D eigenvalue weighted by Crippen LogP contribution is -2.44. The van der Waals surface area contributed by atoms with Gasteiger partial charge < -0.3 is 15.1 Å². The third-order valence-corrected chi connectivity index (χ3v) is 4.65. The van der Waals surface area contributed by atoms with Crippen LogP contribution >= 0.6 is 15.9 Å². The van der Waals surface area contributed by atoms with Gasteiger partial charge in [0.25, 0.3) is 5.91 Å². The molecule has 0 spiro atoms. The third-order valence-electron chi connectivity index (χ3n) is 3.96. The number of aromatic nitrogens is 1. The van der Waals surface area contributed by atoms with Crippen LogP contribution in [0.15, 0.2) is 47.1 Å². The summed E-state index contributed by atoms with van der Waals surface area (Å²) in [5.41, 5.74) is 1.30. The molecule has 2 heterocycles. The fraction of sp³-hybridized carbons (Fsp3) is 0.294. The Morgan fingerprint density at radius 1 is 1.13 bits per heavy atom. The molecule has 1 aliphatic rings. The summed E-state index contributed by atoms with van der Waals surface area (Å²) in [4.78, 5) is 21.3. The lowest BCUT2D eigenvalue weighted by molar-refractivity contribution is 0.102. The molecule has 0 unspecified atom stereocenters. The summed E-state index contributed by atoms with van der Waals surface area (Å²) in [6, 6.07) is 11.3. The van der Waals surface area contributed by atoms with Crippen molar-refractivity contribution in [3.63, 3.8) is 0 Å². The van der Waals surface area contributed by atoms with Crippen LogP contribution in [0, 0.1) is 0 Å². The first-order valence-corrected chi connectivity index (χ1v) is 8.38. The topological polar surface area (TPSA) is 48.5 Å². The van der Waals surface area contributed by atoms with Gasteiger partial charge in [0, 0.05) is 36.8 Å². The number of carbonyl (C=O) groups excluding carboxylic acids is 1. The molecule has 5 nitrogen and oxygen atoms in total. The summed E-state index contributed by atoms with van der Waals surface area (Å²) < 4.78 is 0.857. The molecule has 1 aromatic carbocycles. The van der Waals surface area contributed by atoms with Gasteiger partial charge in [-0.2, -0.15) is 0 Å². The van der Waals surface area contributed by atoms with E-state index >= 15 is 0 Å². The monoisotopic (exact) mass is 374 g/mol. The molecule has 0 bridgehead atoms. The minimum absolute atomic E-state index is 0.158. The van der Waals surface area contributed by atoms with E-state index in [9.17, 15) is 4.79 Å². The van der Waals surface area contributed by atoms with Crippen LogP contribution in [0.25, 0.3) is 0 Å². The summed E-state index contributed by atoms with van der Waals surface area (Å²) in [6.45, 7) is 4.00. The molecule has 0 saturated carbocycles. The van der Waals surface area contributed by atoms with Crippen LogP contribution in [-0.4, -0.2) is 49.0 Å². The van der Waals surface area contributed by atoms with Crippen LogP contribution in [0.5, 0.6) is 0 Å². The van der Waals surface area contributed by atoms with Crippen LogP contribution in [0.2, 0.25) is 0 Å². The van der Waals surface area contributed by atoms with Gasteiger partial charge in [-0.25, -0.2) is 4.98 Å². The minimum Gasteiger partial charge on any atom is -0.354 e. The van der Waals surface area contributed by atoms with E-state index in [4.69, 9.17) is 0 Å². The Balaban J connectivity index is 1.67. The Morgan fingerprint density at radius 3 is 2.52 bits per heavy atom. The maximum absolute atomic E-state index is 12.3. The van der Waals surface area contributed by atoms with Gasteiger partial charge in [0.05, 0.1) is 11.3 Å². The maximum Gasteiger partial charge on any atom is 0.257 e. The SMILES string of the molecule is CN1CCN(c2ccc(C(=O)Nc3ccccc3Br)cn2)CC1. The highest BCUT2D eigenvalue weighted by molar-refractivity contribution is 9.10. The van der Waals surface area contributed by atoms with Crippen LogP contribution < -0.4 is 10.2 Å². The molecule has 1 N–H and O–H groups in total. The van der Waals surface area contributed by atoms with E-state index in [1.807, 2.05) is 36.4 Å². The van der Waals surface area contributed by atoms with E-state index in [2.05, 4.69) is 43.1 Å². The van der Waals surface area contributed by atoms with Gasteiger partial charge in [-0.1, -0.05) is 12.1 Å². The predicted molar refractivity (Wildman–Crippen MR) is 96.0 cm³/mol. The Kier molecular flexibility index (Phi) is 4.93. The van der Waals surface area contributed by atoms with Gasteiger partial charge in [-0.3, -0.25) is 4.79 Å². The number of para-hydroxylation sites is 1. The Labute approximate surface area is 144 Å². The molecule has 0 aliphatic carbocycles. The van der Waals surface area contributed by atoms with Gasteiger partial charge in [0.2, 0.25) is 0 Å². The number of anilines is 2. The van der Waals surface area contributed by atoms with Crippen molar-refractivity contribution in [2.75, 3.05) is 43.4 Å². The average molecular weight is 375 g/mol. The number of halogens is 1. The van der Waals surface area contributed by atoms with E-state index in [1.54, 1.807) is 6.20 Å². The van der Waals surface area contributed by atoms with Crippen molar-refractivity contribution in [2.45, 2.75) is 0 Å². The zero-order valence-electron chi connectivity index (χ0n) is 13.0. The van der Waals surface area contributed by atoms with Crippen molar-refractivity contribution < 1.29 is 4.79 Å². The van der Waals surface area contributed by atoms with Gasteiger partial charge in [0.15, 0.2) is 0 Å². The third kappa shape index (κ3) is 3.89. The molecule has 1 aliphatic heterocycles. The first-order valence-electron chi connectivity index (χ1n) is 7.59. The zero-order valence-corrected chi connectivity index (χ0v) is 14.6. The van der Waals surface area contributed by atoms with Gasteiger partial charge in [-0.15, -0.1) is 0 Å². The number of hydrogen-bond donors (Lipinski definition) is 1. The van der Waals surface area contributed by atoms with Crippen molar-refractivity contribution >= 4 is 33.3 Å². The molecule has 0 atom stereocenters. The standard InChI is InChI=1S/C17H19BrN4O/c1-21-8-10-22(11-9-21)16-7-6-13(12-19-16)17(23)20-15-5-3-2-4-14(15)18/h2-7,12H,8-11H2,1H3,(H,20,23). The predicted octanol–water partition coefficient (Wildman–Crippen LogP) is 2.85. The molecule has 1 amide bonds. The van der Waals surface area contributed by atoms with Crippen molar-refractivity contribution in [3.8, 4) is 0 Å². The lowest BCUT2D eigenvalue weighted by atomic mass is 10.2. The lowest BCUT2D eigenvalue weighted by Gasteiger charge is -2.33. The number of likely N-dealkylation sites (N-methyl/N-ethyl adjacent to an activating group) is 1. The van der Waals surface area contributed by atoms with Crippen molar-refractivity contribution in [2.24, 2.45) is 0 Å². The Bertz CT molecular complexity index is 681. The molecule has 0 radical (unpaired) electrons. The van der Waals surface area contributed by atoms with Crippen molar-refractivity contribution in [3.05, 3.63) is 52.6 Å². The molecule has 1 saturated heterocycles. The molecular formula is C17H19BrN4O. The highest BCUT2D eigenvalue weighted by Gasteiger charge is 2.16. The fourth-order valence-corrected chi connectivity index (χ4v) is 2.88. The number of rotatable bonds is 3. The Morgan fingerprint density at radius 2 is 1.87 bits per heavy atom. The number of amides is 1. The highest BCUT2D eigenvalue weighted by Crippen LogP contribution is 2.22. The molecule has 1 aromatic heterocycles. The molecule has 1 fully saturated rings. The smallest absolute Gasteiger partial charge is 0.257 e.